The molecular formula is C20H18O5. The zero-order valence-corrected chi connectivity index (χ0v) is 13.9. The van der Waals surface area contributed by atoms with Gasteiger partial charge in [0.15, 0.2) is 5.76 Å². The monoisotopic (exact) mass is 338 g/mol. The van der Waals surface area contributed by atoms with E-state index >= 15 is 0 Å². The van der Waals surface area contributed by atoms with Crippen molar-refractivity contribution in [2.24, 2.45) is 0 Å². The van der Waals surface area contributed by atoms with E-state index in [-0.39, 0.29) is 17.6 Å². The van der Waals surface area contributed by atoms with Crippen molar-refractivity contribution in [1.29, 1.82) is 0 Å². The molecule has 0 amide bonds. The molecule has 0 atom stereocenters. The summed E-state index contributed by atoms with van der Waals surface area (Å²) in [4.78, 5) is 23.7. The van der Waals surface area contributed by atoms with Crippen molar-refractivity contribution in [3.05, 3.63) is 64.3 Å². The summed E-state index contributed by atoms with van der Waals surface area (Å²) in [5.74, 6) is -1.25. The molecule has 3 rings (SSSR count). The van der Waals surface area contributed by atoms with Crippen molar-refractivity contribution in [2.75, 3.05) is 0 Å². The number of fused-ring (bicyclic) bond motifs is 1. The number of hydrogen-bond acceptors (Lipinski definition) is 4. The van der Waals surface area contributed by atoms with Crippen molar-refractivity contribution < 1.29 is 19.4 Å². The summed E-state index contributed by atoms with van der Waals surface area (Å²) in [5.41, 5.74) is 0.459. The van der Waals surface area contributed by atoms with Gasteiger partial charge in [0.1, 0.15) is 5.58 Å². The fraction of sp³-hybridized carbons (Fsp3) is 0.200. The van der Waals surface area contributed by atoms with Gasteiger partial charge in [-0.25, -0.2) is 0 Å². The SMILES string of the molecule is CC(C)(CC(=O)O)c1ccc2oc(-c3ccccc3)c(O)c(=O)c2c1. The van der Waals surface area contributed by atoms with E-state index < -0.39 is 22.6 Å². The standard InChI is InChI=1S/C20H18O5/c1-20(2,11-16(21)22)13-8-9-15-14(10-13)17(23)18(24)19(25-15)12-6-4-3-5-7-12/h3-10,24H,11H2,1-2H3,(H,21,22). The fourth-order valence-corrected chi connectivity index (χ4v) is 2.87. The zero-order valence-electron chi connectivity index (χ0n) is 13.9. The molecule has 0 aliphatic heterocycles. The summed E-state index contributed by atoms with van der Waals surface area (Å²) < 4.78 is 5.74. The second-order valence-corrected chi connectivity index (χ2v) is 6.64. The van der Waals surface area contributed by atoms with Gasteiger partial charge in [0, 0.05) is 11.0 Å². The Hall–Kier alpha value is -3.08. The molecule has 2 aromatic carbocycles. The van der Waals surface area contributed by atoms with E-state index in [1.54, 1.807) is 56.3 Å². The summed E-state index contributed by atoms with van der Waals surface area (Å²) in [6, 6.07) is 13.9. The Bertz CT molecular complexity index is 1000. The zero-order chi connectivity index (χ0) is 18.2. The van der Waals surface area contributed by atoms with Crippen LogP contribution >= 0.6 is 0 Å². The number of aromatic hydroxyl groups is 1. The van der Waals surface area contributed by atoms with Crippen LogP contribution in [0.4, 0.5) is 0 Å². The van der Waals surface area contributed by atoms with Gasteiger partial charge >= 0.3 is 5.97 Å². The van der Waals surface area contributed by atoms with Crippen LogP contribution in [0.3, 0.4) is 0 Å². The molecule has 0 saturated carbocycles. The highest BCUT2D eigenvalue weighted by Crippen LogP contribution is 2.33. The molecule has 0 fully saturated rings. The Kier molecular flexibility index (Phi) is 4.08. The van der Waals surface area contributed by atoms with Crippen LogP contribution in [0.1, 0.15) is 25.8 Å². The minimum Gasteiger partial charge on any atom is -0.502 e. The molecule has 0 radical (unpaired) electrons. The second kappa shape index (κ2) is 6.09. The highest BCUT2D eigenvalue weighted by atomic mass is 16.4. The number of hydrogen-bond donors (Lipinski definition) is 2. The molecule has 3 aromatic rings. The molecular weight excluding hydrogens is 320 g/mol. The Labute approximate surface area is 144 Å². The molecule has 0 bridgehead atoms. The van der Waals surface area contributed by atoms with Crippen LogP contribution in [0.5, 0.6) is 5.75 Å². The summed E-state index contributed by atoms with van der Waals surface area (Å²) >= 11 is 0. The van der Waals surface area contributed by atoms with Crippen LogP contribution in [-0.2, 0) is 10.2 Å². The molecule has 0 saturated heterocycles. The normalized spacial score (nSPS) is 11.6. The maximum absolute atomic E-state index is 12.6. The van der Waals surface area contributed by atoms with E-state index in [1.807, 2.05) is 6.07 Å². The lowest BCUT2D eigenvalue weighted by molar-refractivity contribution is -0.138. The summed E-state index contributed by atoms with van der Waals surface area (Å²) in [6.07, 6.45) is -0.0715. The highest BCUT2D eigenvalue weighted by Gasteiger charge is 2.25. The van der Waals surface area contributed by atoms with E-state index in [4.69, 9.17) is 9.52 Å². The molecule has 1 heterocycles. The van der Waals surface area contributed by atoms with E-state index in [9.17, 15) is 14.7 Å². The third-order valence-electron chi connectivity index (χ3n) is 4.28. The topological polar surface area (TPSA) is 87.7 Å². The van der Waals surface area contributed by atoms with Gasteiger partial charge in [-0.3, -0.25) is 9.59 Å². The Morgan fingerprint density at radius 2 is 1.80 bits per heavy atom. The van der Waals surface area contributed by atoms with E-state index in [0.29, 0.717) is 16.7 Å². The van der Waals surface area contributed by atoms with Crippen LogP contribution in [0.25, 0.3) is 22.3 Å². The molecule has 0 aliphatic rings. The van der Waals surface area contributed by atoms with Gasteiger partial charge in [-0.05, 0) is 17.7 Å². The Morgan fingerprint density at radius 3 is 2.44 bits per heavy atom. The first-order valence-electron chi connectivity index (χ1n) is 7.87. The van der Waals surface area contributed by atoms with Crippen LogP contribution in [0.2, 0.25) is 0 Å². The van der Waals surface area contributed by atoms with E-state index in [0.717, 1.165) is 0 Å². The Balaban J connectivity index is 2.18. The minimum atomic E-state index is -0.917. The molecule has 5 heteroatoms. The quantitative estimate of drug-likeness (QED) is 0.753. The molecule has 1 aromatic heterocycles. The minimum absolute atomic E-state index is 0.0715. The maximum atomic E-state index is 12.6. The number of rotatable bonds is 4. The van der Waals surface area contributed by atoms with E-state index in [2.05, 4.69) is 0 Å². The van der Waals surface area contributed by atoms with Crippen LogP contribution < -0.4 is 5.43 Å². The third kappa shape index (κ3) is 3.13. The molecule has 25 heavy (non-hydrogen) atoms. The number of benzene rings is 2. The van der Waals surface area contributed by atoms with Crippen molar-refractivity contribution >= 4 is 16.9 Å². The molecule has 2 N–H and O–H groups in total. The summed E-state index contributed by atoms with van der Waals surface area (Å²) in [6.45, 7) is 3.59. The van der Waals surface area contributed by atoms with Gasteiger partial charge in [-0.15, -0.1) is 0 Å². The third-order valence-corrected chi connectivity index (χ3v) is 4.28. The van der Waals surface area contributed by atoms with Crippen LogP contribution in [0, 0.1) is 0 Å². The largest absolute Gasteiger partial charge is 0.502 e. The van der Waals surface area contributed by atoms with Crippen LogP contribution in [-0.4, -0.2) is 16.2 Å². The highest BCUT2D eigenvalue weighted by molar-refractivity contribution is 5.83. The van der Waals surface area contributed by atoms with Crippen molar-refractivity contribution in [2.45, 2.75) is 25.7 Å². The molecule has 128 valence electrons. The van der Waals surface area contributed by atoms with Gasteiger partial charge in [-0.2, -0.15) is 0 Å². The second-order valence-electron chi connectivity index (χ2n) is 6.64. The predicted octanol–water partition coefficient (Wildman–Crippen LogP) is 3.92. The van der Waals surface area contributed by atoms with Gasteiger partial charge in [-0.1, -0.05) is 50.2 Å². The van der Waals surface area contributed by atoms with Gasteiger partial charge in [0.25, 0.3) is 0 Å². The molecule has 0 aliphatic carbocycles. The molecule has 0 spiro atoms. The fourth-order valence-electron chi connectivity index (χ4n) is 2.87. The predicted molar refractivity (Wildman–Crippen MR) is 94.9 cm³/mol. The number of carboxylic acid groups (broad SMARTS) is 1. The van der Waals surface area contributed by atoms with Crippen LogP contribution in [0.15, 0.2) is 57.7 Å². The number of aliphatic carboxylic acids is 1. The lowest BCUT2D eigenvalue weighted by Gasteiger charge is -2.23. The molecule has 0 unspecified atom stereocenters. The van der Waals surface area contributed by atoms with Crippen molar-refractivity contribution in [3.8, 4) is 17.1 Å². The molecule has 5 nitrogen and oxygen atoms in total. The average Bonchev–Trinajstić information content (AvgIpc) is 2.57. The van der Waals surface area contributed by atoms with Crippen molar-refractivity contribution in [3.63, 3.8) is 0 Å². The maximum Gasteiger partial charge on any atom is 0.304 e. The smallest absolute Gasteiger partial charge is 0.304 e. The lowest BCUT2D eigenvalue weighted by atomic mass is 9.81. The lowest BCUT2D eigenvalue weighted by Crippen LogP contribution is -2.22. The van der Waals surface area contributed by atoms with Gasteiger partial charge < -0.3 is 14.6 Å². The first-order valence-corrected chi connectivity index (χ1v) is 7.87. The van der Waals surface area contributed by atoms with Gasteiger partial charge in [0.05, 0.1) is 11.8 Å². The van der Waals surface area contributed by atoms with Gasteiger partial charge in [0.2, 0.25) is 11.2 Å². The summed E-state index contributed by atoms with van der Waals surface area (Å²) in [7, 11) is 0. The average molecular weight is 338 g/mol. The van der Waals surface area contributed by atoms with E-state index in [1.165, 1.54) is 0 Å². The first kappa shape index (κ1) is 16.8. The number of carbonyl (C=O) groups is 1. The first-order chi connectivity index (χ1) is 11.8. The Morgan fingerprint density at radius 1 is 1.12 bits per heavy atom. The van der Waals surface area contributed by atoms with Crippen molar-refractivity contribution in [1.82, 2.24) is 0 Å². The summed E-state index contributed by atoms with van der Waals surface area (Å²) in [5, 5.41) is 19.6. The number of carboxylic acids is 1.